The van der Waals surface area contributed by atoms with Gasteiger partial charge in [0.1, 0.15) is 11.4 Å². The van der Waals surface area contributed by atoms with E-state index in [9.17, 15) is 23.3 Å². The average molecular weight is 485 g/mol. The zero-order valence-corrected chi connectivity index (χ0v) is 19.4. The average Bonchev–Trinajstić information content (AvgIpc) is 3.55. The molecule has 0 unspecified atom stereocenters. The number of rotatable bonds is 9. The van der Waals surface area contributed by atoms with Gasteiger partial charge in [0.15, 0.2) is 0 Å². The van der Waals surface area contributed by atoms with Crippen molar-refractivity contribution in [3.63, 3.8) is 0 Å². The van der Waals surface area contributed by atoms with Gasteiger partial charge in [-0.15, -0.1) is 0 Å². The van der Waals surface area contributed by atoms with E-state index < -0.39 is 14.9 Å². The van der Waals surface area contributed by atoms with Gasteiger partial charge in [-0.25, -0.2) is 13.1 Å². The Morgan fingerprint density at radius 2 is 1.76 bits per heavy atom. The lowest BCUT2D eigenvalue weighted by Crippen LogP contribution is -2.29. The monoisotopic (exact) mass is 484 g/mol. The molecule has 12 heteroatoms. The van der Waals surface area contributed by atoms with E-state index in [1.807, 2.05) is 0 Å². The van der Waals surface area contributed by atoms with Gasteiger partial charge >= 0.3 is 5.69 Å². The molecule has 1 saturated carbocycles. The van der Waals surface area contributed by atoms with E-state index in [-0.39, 0.29) is 22.5 Å². The maximum absolute atomic E-state index is 12.4. The minimum absolute atomic E-state index is 0.00637. The van der Waals surface area contributed by atoms with Crippen LogP contribution in [0.4, 0.5) is 11.4 Å². The number of hydrazine groups is 1. The third-order valence-electron chi connectivity index (χ3n) is 5.46. The fraction of sp³-hybridized carbons (Fsp3) is 0.273. The second kappa shape index (κ2) is 9.23. The van der Waals surface area contributed by atoms with Crippen LogP contribution in [0.25, 0.3) is 0 Å². The first kappa shape index (κ1) is 23.4. The molecule has 3 aromatic rings. The molecule has 1 amide bonds. The van der Waals surface area contributed by atoms with Crippen molar-refractivity contribution in [2.45, 2.75) is 44.2 Å². The molecule has 0 aliphatic heterocycles. The molecular weight excluding hydrogens is 460 g/mol. The van der Waals surface area contributed by atoms with Gasteiger partial charge in [0, 0.05) is 11.6 Å². The minimum Gasteiger partial charge on any atom is -0.298 e. The van der Waals surface area contributed by atoms with Crippen molar-refractivity contribution in [2.75, 3.05) is 5.43 Å². The minimum atomic E-state index is -3.53. The predicted octanol–water partition coefficient (Wildman–Crippen LogP) is 2.65. The van der Waals surface area contributed by atoms with Gasteiger partial charge in [0.25, 0.3) is 5.91 Å². The number of anilines is 1. The summed E-state index contributed by atoms with van der Waals surface area (Å²) >= 11 is 0. The van der Waals surface area contributed by atoms with Crippen LogP contribution in [-0.4, -0.2) is 35.1 Å². The fourth-order valence-corrected chi connectivity index (χ4v) is 4.75. The topological polar surface area (TPSA) is 148 Å². The Morgan fingerprint density at radius 1 is 1.12 bits per heavy atom. The molecule has 0 spiro atoms. The maximum Gasteiger partial charge on any atom is 0.312 e. The van der Waals surface area contributed by atoms with Crippen molar-refractivity contribution < 1.29 is 18.1 Å². The zero-order valence-electron chi connectivity index (χ0n) is 18.6. The second-order valence-electron chi connectivity index (χ2n) is 8.13. The number of nitrogens with zero attached hydrogens (tertiary/aromatic N) is 3. The first-order valence-corrected chi connectivity index (χ1v) is 12.1. The molecule has 178 valence electrons. The van der Waals surface area contributed by atoms with E-state index in [0.29, 0.717) is 29.2 Å². The molecule has 1 aromatic heterocycles. The summed E-state index contributed by atoms with van der Waals surface area (Å²) in [5, 5.41) is 15.4. The van der Waals surface area contributed by atoms with Gasteiger partial charge in [0.05, 0.1) is 22.1 Å². The smallest absolute Gasteiger partial charge is 0.298 e. The SMILES string of the molecule is Cc1nn(Cc2ccc(C(=O)NNc3ccc(S(=O)(=O)NC4CC4)cc3)cc2)c(C)c1[N+](=O)[O-]. The lowest BCUT2D eigenvalue weighted by atomic mass is 10.1. The highest BCUT2D eigenvalue weighted by Crippen LogP contribution is 2.23. The molecular formula is C22H24N6O5S. The summed E-state index contributed by atoms with van der Waals surface area (Å²) in [5.41, 5.74) is 7.93. The Hall–Kier alpha value is -3.77. The summed E-state index contributed by atoms with van der Waals surface area (Å²) in [6.45, 7) is 3.59. The molecule has 0 bridgehead atoms. The van der Waals surface area contributed by atoms with Gasteiger partial charge < -0.3 is 0 Å². The van der Waals surface area contributed by atoms with Crippen LogP contribution in [0.5, 0.6) is 0 Å². The highest BCUT2D eigenvalue weighted by Gasteiger charge is 2.27. The van der Waals surface area contributed by atoms with E-state index >= 15 is 0 Å². The summed E-state index contributed by atoms with van der Waals surface area (Å²) in [6.07, 6.45) is 1.72. The van der Waals surface area contributed by atoms with Crippen molar-refractivity contribution in [3.05, 3.63) is 81.2 Å². The molecule has 1 heterocycles. The van der Waals surface area contributed by atoms with E-state index in [1.54, 1.807) is 54.9 Å². The number of sulfonamides is 1. The van der Waals surface area contributed by atoms with Crippen molar-refractivity contribution in [1.82, 2.24) is 19.9 Å². The summed E-state index contributed by atoms with van der Waals surface area (Å²) < 4.78 is 28.6. The molecule has 2 aromatic carbocycles. The predicted molar refractivity (Wildman–Crippen MR) is 125 cm³/mol. The molecule has 34 heavy (non-hydrogen) atoms. The molecule has 0 saturated heterocycles. The van der Waals surface area contributed by atoms with Crippen LogP contribution in [-0.2, 0) is 16.6 Å². The molecule has 0 atom stereocenters. The van der Waals surface area contributed by atoms with Gasteiger partial charge in [-0.1, -0.05) is 12.1 Å². The Balaban J connectivity index is 1.34. The molecule has 1 aliphatic rings. The Morgan fingerprint density at radius 3 is 2.32 bits per heavy atom. The van der Waals surface area contributed by atoms with Gasteiger partial charge in [-0.3, -0.25) is 30.4 Å². The summed E-state index contributed by atoms with van der Waals surface area (Å²) in [6, 6.07) is 12.9. The highest BCUT2D eigenvalue weighted by molar-refractivity contribution is 7.89. The Bertz CT molecular complexity index is 1330. The van der Waals surface area contributed by atoms with Gasteiger partial charge in [0.2, 0.25) is 10.0 Å². The summed E-state index contributed by atoms with van der Waals surface area (Å²) in [4.78, 5) is 23.3. The largest absolute Gasteiger partial charge is 0.312 e. The molecule has 3 N–H and O–H groups in total. The van der Waals surface area contributed by atoms with Crippen LogP contribution >= 0.6 is 0 Å². The number of benzene rings is 2. The molecule has 0 radical (unpaired) electrons. The van der Waals surface area contributed by atoms with Crippen LogP contribution in [0.1, 0.15) is 40.2 Å². The fourth-order valence-electron chi connectivity index (χ4n) is 3.45. The maximum atomic E-state index is 12.4. The number of nitrogens with one attached hydrogen (secondary N) is 3. The number of carbonyl (C=O) groups is 1. The molecule has 1 aliphatic carbocycles. The van der Waals surface area contributed by atoms with E-state index in [0.717, 1.165) is 18.4 Å². The van der Waals surface area contributed by atoms with Crippen molar-refractivity contribution in [1.29, 1.82) is 0 Å². The normalized spacial score (nSPS) is 13.5. The van der Waals surface area contributed by atoms with Crippen LogP contribution in [0.15, 0.2) is 53.4 Å². The third kappa shape index (κ3) is 5.24. The molecule has 1 fully saturated rings. The molecule has 11 nitrogen and oxygen atoms in total. The number of hydrogen-bond donors (Lipinski definition) is 3. The second-order valence-corrected chi connectivity index (χ2v) is 9.84. The Kier molecular flexibility index (Phi) is 6.35. The van der Waals surface area contributed by atoms with Crippen molar-refractivity contribution in [2.24, 2.45) is 0 Å². The number of nitro groups is 1. The van der Waals surface area contributed by atoms with Crippen LogP contribution in [0, 0.1) is 24.0 Å². The van der Waals surface area contributed by atoms with Gasteiger partial charge in [-0.05, 0) is 68.7 Å². The van der Waals surface area contributed by atoms with Crippen LogP contribution in [0.2, 0.25) is 0 Å². The number of amides is 1. The lowest BCUT2D eigenvalue weighted by molar-refractivity contribution is -0.386. The van der Waals surface area contributed by atoms with Crippen molar-refractivity contribution in [3.8, 4) is 0 Å². The number of aromatic nitrogens is 2. The standard InChI is InChI=1S/C22H24N6O5S/c1-14-21(28(30)31)15(2)27(25-14)13-16-3-5-17(6-4-16)22(29)24-23-18-9-11-20(12-10-18)34(32,33)26-19-7-8-19/h3-6,9-12,19,23,26H,7-8,13H2,1-2H3,(H,24,29). The van der Waals surface area contributed by atoms with E-state index in [4.69, 9.17) is 0 Å². The lowest BCUT2D eigenvalue weighted by Gasteiger charge is -2.10. The first-order valence-electron chi connectivity index (χ1n) is 10.6. The number of hydrogen-bond acceptors (Lipinski definition) is 7. The third-order valence-corrected chi connectivity index (χ3v) is 6.99. The molecule has 4 rings (SSSR count). The van der Waals surface area contributed by atoms with Crippen LogP contribution < -0.4 is 15.6 Å². The number of aryl methyl sites for hydroxylation is 1. The summed E-state index contributed by atoms with van der Waals surface area (Å²) in [7, 11) is -3.53. The highest BCUT2D eigenvalue weighted by atomic mass is 32.2. The number of carbonyl (C=O) groups excluding carboxylic acids is 1. The summed E-state index contributed by atoms with van der Waals surface area (Å²) in [5.74, 6) is -0.375. The van der Waals surface area contributed by atoms with Gasteiger partial charge in [-0.2, -0.15) is 5.10 Å². The van der Waals surface area contributed by atoms with Crippen molar-refractivity contribution >= 4 is 27.3 Å². The quantitative estimate of drug-likeness (QED) is 0.312. The zero-order chi connectivity index (χ0) is 24.5. The first-order chi connectivity index (χ1) is 16.1. The van der Waals surface area contributed by atoms with Crippen LogP contribution in [0.3, 0.4) is 0 Å². The van der Waals surface area contributed by atoms with E-state index in [2.05, 4.69) is 20.7 Å². The van der Waals surface area contributed by atoms with E-state index in [1.165, 1.54) is 12.1 Å². The Labute approximate surface area is 196 Å².